The first kappa shape index (κ1) is 24.9. The predicted octanol–water partition coefficient (Wildman–Crippen LogP) is 3.09. The van der Waals surface area contributed by atoms with E-state index in [0.29, 0.717) is 12.8 Å². The van der Waals surface area contributed by atoms with Gasteiger partial charge in [-0.1, -0.05) is 27.4 Å². The maximum Gasteiger partial charge on any atom is 0.302 e. The molecule has 0 aromatic heterocycles. The lowest BCUT2D eigenvalue weighted by Gasteiger charge is -2.70. The van der Waals surface area contributed by atoms with E-state index < -0.39 is 58.5 Å². The summed E-state index contributed by atoms with van der Waals surface area (Å²) in [7, 11) is 0. The average molecular weight is 491 g/mol. The third-order valence-corrected chi connectivity index (χ3v) is 10.0. The first-order valence-electron chi connectivity index (χ1n) is 12.7. The van der Waals surface area contributed by atoms with Gasteiger partial charge in [-0.05, 0) is 44.4 Å². The minimum absolute atomic E-state index is 0.00538. The van der Waals surface area contributed by atoms with Crippen LogP contribution in [-0.4, -0.2) is 58.6 Å². The summed E-state index contributed by atoms with van der Waals surface area (Å²) in [5, 5.41) is 11.9. The molecule has 8 heteroatoms. The van der Waals surface area contributed by atoms with Crippen LogP contribution < -0.4 is 0 Å². The van der Waals surface area contributed by atoms with Crippen molar-refractivity contribution in [1.29, 1.82) is 0 Å². The second kappa shape index (κ2) is 7.17. The lowest BCUT2D eigenvalue weighted by molar-refractivity contribution is -0.406. The number of ketones is 1. The molecule has 5 aliphatic rings. The summed E-state index contributed by atoms with van der Waals surface area (Å²) in [6.07, 6.45) is -0.777. The number of carbonyl (C=O) groups excluding carboxylic acids is 3. The van der Waals surface area contributed by atoms with E-state index in [1.54, 1.807) is 13.8 Å². The molecule has 35 heavy (non-hydrogen) atoms. The van der Waals surface area contributed by atoms with Gasteiger partial charge < -0.3 is 24.1 Å². The van der Waals surface area contributed by atoms with Gasteiger partial charge in [-0.2, -0.15) is 0 Å². The summed E-state index contributed by atoms with van der Waals surface area (Å²) < 4.78 is 24.8. The zero-order chi connectivity index (χ0) is 25.9. The molecule has 0 amide bonds. The van der Waals surface area contributed by atoms with E-state index in [4.69, 9.17) is 18.9 Å². The quantitative estimate of drug-likeness (QED) is 0.465. The molecule has 1 spiro atoms. The van der Waals surface area contributed by atoms with Crippen molar-refractivity contribution in [2.75, 3.05) is 0 Å². The third kappa shape index (κ3) is 2.99. The topological polar surface area (TPSA) is 108 Å². The van der Waals surface area contributed by atoms with E-state index in [1.165, 1.54) is 13.8 Å². The van der Waals surface area contributed by atoms with Crippen LogP contribution in [-0.2, 0) is 33.3 Å². The van der Waals surface area contributed by atoms with Crippen molar-refractivity contribution in [3.8, 4) is 0 Å². The molecule has 2 bridgehead atoms. The smallest absolute Gasteiger partial charge is 0.302 e. The van der Waals surface area contributed by atoms with E-state index in [-0.39, 0.29) is 35.1 Å². The molecule has 0 unspecified atom stereocenters. The molecule has 1 aliphatic heterocycles. The van der Waals surface area contributed by atoms with Gasteiger partial charge in [0.15, 0.2) is 11.6 Å². The SMILES string of the molecule is C=C1C(=O)[C@@]23[C@@H]4[C@@H](OC(C)=O)C[C@]1(O)[C@@H]2OC(C)(C)O[C@@H]3C[C@@H]1C(C)(C)CC[C@@H](OC(C)=O)[C@]14C. The Balaban J connectivity index is 1.80. The lowest BCUT2D eigenvalue weighted by Crippen LogP contribution is -2.78. The van der Waals surface area contributed by atoms with Crippen molar-refractivity contribution >= 4 is 17.7 Å². The van der Waals surface area contributed by atoms with Crippen molar-refractivity contribution in [1.82, 2.24) is 0 Å². The highest BCUT2D eigenvalue weighted by Crippen LogP contribution is 2.74. The fourth-order valence-corrected chi connectivity index (χ4v) is 8.99. The van der Waals surface area contributed by atoms with E-state index in [9.17, 15) is 19.5 Å². The van der Waals surface area contributed by atoms with Crippen LogP contribution in [0.5, 0.6) is 0 Å². The summed E-state index contributed by atoms with van der Waals surface area (Å²) in [5.41, 5.74) is -3.80. The van der Waals surface area contributed by atoms with Crippen molar-refractivity contribution in [2.24, 2.45) is 28.1 Å². The highest BCUT2D eigenvalue weighted by molar-refractivity contribution is 6.06. The molecule has 0 aromatic carbocycles. The molecule has 4 saturated carbocycles. The zero-order valence-electron chi connectivity index (χ0n) is 21.8. The molecule has 5 rings (SSSR count). The van der Waals surface area contributed by atoms with Crippen molar-refractivity contribution in [3.05, 3.63) is 12.2 Å². The Hall–Kier alpha value is -1.77. The van der Waals surface area contributed by atoms with Crippen LogP contribution in [0.2, 0.25) is 0 Å². The maximum absolute atomic E-state index is 14.2. The van der Waals surface area contributed by atoms with Gasteiger partial charge in [0.25, 0.3) is 0 Å². The molecule has 194 valence electrons. The highest BCUT2D eigenvalue weighted by atomic mass is 16.7. The summed E-state index contributed by atoms with van der Waals surface area (Å²) in [5.74, 6) is -2.81. The number of Topliss-reactive ketones (excluding diaryl/α,β-unsaturated/α-hetero) is 1. The first-order chi connectivity index (χ1) is 16.0. The zero-order valence-corrected chi connectivity index (χ0v) is 21.8. The molecule has 1 saturated heterocycles. The second-order valence-electron chi connectivity index (χ2n) is 12.8. The normalized spacial score (nSPS) is 49.0. The van der Waals surface area contributed by atoms with Gasteiger partial charge in [0.1, 0.15) is 23.9 Å². The molecule has 1 N–H and O–H groups in total. The van der Waals surface area contributed by atoms with Gasteiger partial charge >= 0.3 is 11.9 Å². The Morgan fingerprint density at radius 3 is 2.29 bits per heavy atom. The molecule has 5 fully saturated rings. The number of carbonyl (C=O) groups is 3. The first-order valence-corrected chi connectivity index (χ1v) is 12.7. The number of hydrogen-bond donors (Lipinski definition) is 1. The largest absolute Gasteiger partial charge is 0.462 e. The van der Waals surface area contributed by atoms with E-state index in [0.717, 1.165) is 6.42 Å². The van der Waals surface area contributed by atoms with Crippen molar-refractivity contribution in [2.45, 2.75) is 110 Å². The number of esters is 2. The van der Waals surface area contributed by atoms with Gasteiger partial charge in [-0.15, -0.1) is 0 Å². The van der Waals surface area contributed by atoms with Crippen molar-refractivity contribution in [3.63, 3.8) is 0 Å². The van der Waals surface area contributed by atoms with Crippen LogP contribution in [0.3, 0.4) is 0 Å². The number of rotatable bonds is 2. The lowest BCUT2D eigenvalue weighted by atomic mass is 9.38. The highest BCUT2D eigenvalue weighted by Gasteiger charge is 2.84. The van der Waals surface area contributed by atoms with E-state index >= 15 is 0 Å². The molecule has 0 radical (unpaired) electrons. The van der Waals surface area contributed by atoms with Gasteiger partial charge in [0.05, 0.1) is 11.5 Å². The Morgan fingerprint density at radius 1 is 1.06 bits per heavy atom. The molecular formula is C27H38O8. The third-order valence-electron chi connectivity index (χ3n) is 10.0. The van der Waals surface area contributed by atoms with E-state index in [2.05, 4.69) is 27.4 Å². The fraction of sp³-hybridized carbons (Fsp3) is 0.815. The summed E-state index contributed by atoms with van der Waals surface area (Å²) in [4.78, 5) is 38.8. The van der Waals surface area contributed by atoms with E-state index in [1.807, 2.05) is 0 Å². The number of aliphatic hydroxyl groups is 1. The minimum Gasteiger partial charge on any atom is -0.462 e. The molecular weight excluding hydrogens is 452 g/mol. The van der Waals surface area contributed by atoms with Gasteiger partial charge in [0, 0.05) is 37.2 Å². The van der Waals surface area contributed by atoms with Gasteiger partial charge in [-0.3, -0.25) is 14.4 Å². The number of ether oxygens (including phenoxy) is 4. The predicted molar refractivity (Wildman–Crippen MR) is 124 cm³/mol. The standard InChI is InChI=1S/C27H38O8/c1-13-21(30)27-19-11-17-23(4,5)10-9-18(33-15(3)29)25(17,8)20(27)16(32-14(2)28)12-26(13,31)22(27)35-24(6,7)34-19/h16-20,22,31H,1,9-12H2,2-8H3/t16-,17+,18+,19+,20+,22-,25-,26+,27+/m0/s1. The molecule has 4 aliphatic carbocycles. The molecule has 8 nitrogen and oxygen atoms in total. The van der Waals surface area contributed by atoms with Gasteiger partial charge in [-0.25, -0.2) is 0 Å². The maximum atomic E-state index is 14.2. The second-order valence-corrected chi connectivity index (χ2v) is 12.8. The molecule has 0 aromatic rings. The van der Waals surface area contributed by atoms with Crippen LogP contribution in [0.15, 0.2) is 12.2 Å². The number of hydrogen-bond acceptors (Lipinski definition) is 8. The van der Waals surface area contributed by atoms with Crippen molar-refractivity contribution < 1.29 is 38.4 Å². The summed E-state index contributed by atoms with van der Waals surface area (Å²) in [6.45, 7) is 16.8. The Morgan fingerprint density at radius 2 is 1.69 bits per heavy atom. The Labute approximate surface area is 206 Å². The molecule has 1 heterocycles. The summed E-state index contributed by atoms with van der Waals surface area (Å²) >= 11 is 0. The summed E-state index contributed by atoms with van der Waals surface area (Å²) in [6, 6.07) is 0. The number of fused-ring (bicyclic) bond motifs is 2. The minimum atomic E-state index is -1.68. The Bertz CT molecular complexity index is 1010. The Kier molecular flexibility index (Phi) is 5.10. The van der Waals surface area contributed by atoms with Crippen LogP contribution in [0, 0.1) is 28.1 Å². The van der Waals surface area contributed by atoms with Crippen LogP contribution in [0.25, 0.3) is 0 Å². The monoisotopic (exact) mass is 490 g/mol. The van der Waals surface area contributed by atoms with Gasteiger partial charge in [0.2, 0.25) is 0 Å². The molecule has 9 atom stereocenters. The average Bonchev–Trinajstić information content (AvgIpc) is 2.81. The van der Waals surface area contributed by atoms with Crippen LogP contribution >= 0.6 is 0 Å². The fourth-order valence-electron chi connectivity index (χ4n) is 8.99. The van der Waals surface area contributed by atoms with Crippen LogP contribution in [0.1, 0.15) is 74.1 Å². The van der Waals surface area contributed by atoms with Crippen LogP contribution in [0.4, 0.5) is 0 Å².